The largest absolute Gasteiger partial charge is 0.497 e. The van der Waals surface area contributed by atoms with Crippen LogP contribution in [0.3, 0.4) is 0 Å². The Hall–Kier alpha value is -2.33. The van der Waals surface area contributed by atoms with Gasteiger partial charge in [0.2, 0.25) is 0 Å². The fourth-order valence-electron chi connectivity index (χ4n) is 1.98. The number of aliphatic hydroxyl groups excluding tert-OH is 1. The number of hydrogen-bond donors (Lipinski definition) is 1. The second kappa shape index (κ2) is 7.45. The summed E-state index contributed by atoms with van der Waals surface area (Å²) in [5.74, 6) is 1.24. The van der Waals surface area contributed by atoms with Gasteiger partial charge in [0.15, 0.2) is 12.4 Å². The molecule has 0 aromatic heterocycles. The summed E-state index contributed by atoms with van der Waals surface area (Å²) >= 11 is 0. The molecule has 0 amide bonds. The van der Waals surface area contributed by atoms with E-state index in [1.54, 1.807) is 37.4 Å². The highest BCUT2D eigenvalue weighted by molar-refractivity contribution is 5.97. The van der Waals surface area contributed by atoms with Crippen molar-refractivity contribution in [2.75, 3.05) is 20.3 Å². The normalized spacial score (nSPS) is 10.2. The number of methoxy groups -OCH3 is 1. The van der Waals surface area contributed by atoms with E-state index in [9.17, 15) is 4.79 Å². The molecule has 2 rings (SSSR count). The monoisotopic (exact) mass is 286 g/mol. The molecular weight excluding hydrogens is 268 g/mol. The van der Waals surface area contributed by atoms with Crippen molar-refractivity contribution in [3.8, 4) is 11.5 Å². The van der Waals surface area contributed by atoms with Crippen LogP contribution in [0.25, 0.3) is 0 Å². The van der Waals surface area contributed by atoms with Gasteiger partial charge in [-0.2, -0.15) is 0 Å². The maximum absolute atomic E-state index is 12.1. The average Bonchev–Trinajstić information content (AvgIpc) is 2.54. The van der Waals surface area contributed by atoms with Gasteiger partial charge in [-0.3, -0.25) is 4.79 Å². The molecule has 0 spiro atoms. The molecule has 2 aromatic carbocycles. The van der Waals surface area contributed by atoms with Gasteiger partial charge in [0.05, 0.1) is 7.11 Å². The highest BCUT2D eigenvalue weighted by Crippen LogP contribution is 2.19. The first-order valence-corrected chi connectivity index (χ1v) is 6.73. The van der Waals surface area contributed by atoms with Crippen LogP contribution in [0.1, 0.15) is 15.9 Å². The fourth-order valence-corrected chi connectivity index (χ4v) is 1.98. The second-order valence-electron chi connectivity index (χ2n) is 4.52. The summed E-state index contributed by atoms with van der Waals surface area (Å²) in [5.41, 5.74) is 1.47. The van der Waals surface area contributed by atoms with E-state index in [-0.39, 0.29) is 19.0 Å². The van der Waals surface area contributed by atoms with E-state index in [0.717, 1.165) is 5.56 Å². The van der Waals surface area contributed by atoms with Crippen LogP contribution in [0.2, 0.25) is 0 Å². The van der Waals surface area contributed by atoms with E-state index in [1.165, 1.54) is 0 Å². The number of carbonyl (C=O) groups is 1. The van der Waals surface area contributed by atoms with E-state index in [0.29, 0.717) is 23.5 Å². The Labute approximate surface area is 123 Å². The number of hydrogen-bond acceptors (Lipinski definition) is 4. The highest BCUT2D eigenvalue weighted by Gasteiger charge is 2.09. The molecule has 0 atom stereocenters. The zero-order valence-corrected chi connectivity index (χ0v) is 11.9. The number of rotatable bonds is 7. The lowest BCUT2D eigenvalue weighted by Crippen LogP contribution is -2.12. The molecule has 1 N–H and O–H groups in total. The van der Waals surface area contributed by atoms with Crippen LogP contribution in [0.4, 0.5) is 0 Å². The van der Waals surface area contributed by atoms with Gasteiger partial charge in [-0.15, -0.1) is 0 Å². The van der Waals surface area contributed by atoms with Crippen LogP contribution in [0.5, 0.6) is 11.5 Å². The fraction of sp³-hybridized carbons (Fsp3) is 0.235. The van der Waals surface area contributed by atoms with Gasteiger partial charge < -0.3 is 14.6 Å². The quantitative estimate of drug-likeness (QED) is 0.795. The Morgan fingerprint density at radius 2 is 1.81 bits per heavy atom. The van der Waals surface area contributed by atoms with Crippen LogP contribution in [-0.4, -0.2) is 31.2 Å². The van der Waals surface area contributed by atoms with Crippen molar-refractivity contribution in [2.45, 2.75) is 6.42 Å². The lowest BCUT2D eigenvalue weighted by Gasteiger charge is -2.10. The van der Waals surface area contributed by atoms with E-state index in [4.69, 9.17) is 14.6 Å². The first-order valence-electron chi connectivity index (χ1n) is 6.73. The molecule has 0 fully saturated rings. The predicted molar refractivity (Wildman–Crippen MR) is 80.1 cm³/mol. The summed E-state index contributed by atoms with van der Waals surface area (Å²) < 4.78 is 10.6. The second-order valence-corrected chi connectivity index (χ2v) is 4.52. The van der Waals surface area contributed by atoms with Crippen molar-refractivity contribution in [1.29, 1.82) is 0 Å². The van der Waals surface area contributed by atoms with E-state index < -0.39 is 0 Å². The molecule has 0 heterocycles. The Bertz CT molecular complexity index is 590. The zero-order valence-electron chi connectivity index (χ0n) is 11.9. The van der Waals surface area contributed by atoms with Gasteiger partial charge in [0.1, 0.15) is 11.5 Å². The van der Waals surface area contributed by atoms with E-state index in [2.05, 4.69) is 0 Å². The molecule has 4 nitrogen and oxygen atoms in total. The number of Topliss-reactive ketones (excluding diaryl/α,β-unsaturated/α-hetero) is 1. The van der Waals surface area contributed by atoms with Crippen LogP contribution >= 0.6 is 0 Å². The van der Waals surface area contributed by atoms with Crippen molar-refractivity contribution >= 4 is 5.78 Å². The number of aliphatic hydroxyl groups is 1. The Balaban J connectivity index is 2.00. The zero-order chi connectivity index (χ0) is 15.1. The summed E-state index contributed by atoms with van der Waals surface area (Å²) in [7, 11) is 1.58. The number of para-hydroxylation sites is 1. The van der Waals surface area contributed by atoms with Gasteiger partial charge >= 0.3 is 0 Å². The number of ketones is 1. The third-order valence-corrected chi connectivity index (χ3v) is 3.12. The molecule has 0 aliphatic carbocycles. The molecular formula is C17H18O4. The van der Waals surface area contributed by atoms with Crippen molar-refractivity contribution in [3.05, 3.63) is 59.7 Å². The Morgan fingerprint density at radius 1 is 1.10 bits per heavy atom. The van der Waals surface area contributed by atoms with Gasteiger partial charge in [-0.05, 0) is 42.3 Å². The molecule has 0 aliphatic heterocycles. The van der Waals surface area contributed by atoms with Crippen LogP contribution < -0.4 is 9.47 Å². The number of benzene rings is 2. The maximum atomic E-state index is 12.1. The topological polar surface area (TPSA) is 55.8 Å². The van der Waals surface area contributed by atoms with Gasteiger partial charge in [-0.25, -0.2) is 0 Å². The molecule has 21 heavy (non-hydrogen) atoms. The molecule has 0 saturated heterocycles. The predicted octanol–water partition coefficient (Wildman–Crippen LogP) is 2.49. The van der Waals surface area contributed by atoms with Gasteiger partial charge in [-0.1, -0.05) is 18.2 Å². The molecule has 4 heteroatoms. The summed E-state index contributed by atoms with van der Waals surface area (Å²) in [6.07, 6.45) is 0.507. The minimum absolute atomic E-state index is 0.0330. The first-order chi connectivity index (χ1) is 10.2. The van der Waals surface area contributed by atoms with Gasteiger partial charge in [0.25, 0.3) is 0 Å². The summed E-state index contributed by atoms with van der Waals surface area (Å²) in [5, 5.41) is 9.01. The SMILES string of the molecule is COc1ccc(C(=O)COc2ccccc2CCO)cc1. The smallest absolute Gasteiger partial charge is 0.200 e. The third kappa shape index (κ3) is 4.07. The van der Waals surface area contributed by atoms with Crippen molar-refractivity contribution in [1.82, 2.24) is 0 Å². The number of carbonyl (C=O) groups excluding carboxylic acids is 1. The standard InChI is InChI=1S/C17H18O4/c1-20-15-8-6-13(7-9-15)16(19)12-21-17-5-3-2-4-14(17)10-11-18/h2-9,18H,10-12H2,1H3. The minimum Gasteiger partial charge on any atom is -0.497 e. The number of ether oxygens (including phenoxy) is 2. The van der Waals surface area contributed by atoms with Crippen LogP contribution in [-0.2, 0) is 6.42 Å². The van der Waals surface area contributed by atoms with Crippen molar-refractivity contribution < 1.29 is 19.4 Å². The molecule has 0 radical (unpaired) electrons. The molecule has 0 aliphatic rings. The molecule has 2 aromatic rings. The summed E-state index contributed by atoms with van der Waals surface area (Å²) in [4.78, 5) is 12.1. The van der Waals surface area contributed by atoms with Crippen LogP contribution in [0.15, 0.2) is 48.5 Å². The Morgan fingerprint density at radius 3 is 2.48 bits per heavy atom. The van der Waals surface area contributed by atoms with Gasteiger partial charge in [0, 0.05) is 12.2 Å². The van der Waals surface area contributed by atoms with E-state index in [1.807, 2.05) is 18.2 Å². The highest BCUT2D eigenvalue weighted by atomic mass is 16.5. The third-order valence-electron chi connectivity index (χ3n) is 3.12. The lowest BCUT2D eigenvalue weighted by molar-refractivity contribution is 0.0920. The van der Waals surface area contributed by atoms with Crippen molar-refractivity contribution in [2.24, 2.45) is 0 Å². The van der Waals surface area contributed by atoms with Crippen molar-refractivity contribution in [3.63, 3.8) is 0 Å². The summed E-state index contributed by atoms with van der Waals surface area (Å²) in [6.45, 7) is 0.0154. The summed E-state index contributed by atoms with van der Waals surface area (Å²) in [6, 6.07) is 14.3. The van der Waals surface area contributed by atoms with Crippen LogP contribution in [0, 0.1) is 0 Å². The Kier molecular flexibility index (Phi) is 5.35. The molecule has 0 unspecified atom stereocenters. The molecule has 0 bridgehead atoms. The maximum Gasteiger partial charge on any atom is 0.200 e. The minimum atomic E-state index is -0.101. The first kappa shape index (κ1) is 15.1. The average molecular weight is 286 g/mol. The molecule has 0 saturated carbocycles. The molecule has 110 valence electrons. The lowest BCUT2D eigenvalue weighted by atomic mass is 10.1. The van der Waals surface area contributed by atoms with E-state index >= 15 is 0 Å².